The fraction of sp³-hybridized carbons (Fsp3) is 0.769. The average Bonchev–Trinajstić information content (AvgIpc) is 2.21. The molecule has 0 aliphatic heterocycles. The molecule has 7 heteroatoms. The summed E-state index contributed by atoms with van der Waals surface area (Å²) < 4.78 is 5.01. The first-order chi connectivity index (χ1) is 8.94. The number of carbonyl (C=O) groups is 3. The highest BCUT2D eigenvalue weighted by Crippen LogP contribution is 2.07. The van der Waals surface area contributed by atoms with Gasteiger partial charge in [0.05, 0.1) is 0 Å². The molecule has 0 aromatic carbocycles. The van der Waals surface area contributed by atoms with Crippen LogP contribution >= 0.6 is 0 Å². The van der Waals surface area contributed by atoms with E-state index in [1.54, 1.807) is 34.6 Å². The van der Waals surface area contributed by atoms with Crippen molar-refractivity contribution in [3.05, 3.63) is 0 Å². The minimum atomic E-state index is -1.11. The van der Waals surface area contributed by atoms with E-state index >= 15 is 0 Å². The first kappa shape index (κ1) is 18.2. The molecule has 0 unspecified atom stereocenters. The van der Waals surface area contributed by atoms with E-state index in [-0.39, 0.29) is 5.92 Å². The van der Waals surface area contributed by atoms with Crippen LogP contribution in [-0.4, -0.2) is 40.8 Å². The van der Waals surface area contributed by atoms with Crippen LogP contribution in [0.2, 0.25) is 0 Å². The van der Waals surface area contributed by atoms with Crippen LogP contribution in [-0.2, 0) is 14.3 Å². The van der Waals surface area contributed by atoms with Crippen molar-refractivity contribution in [1.82, 2.24) is 10.6 Å². The van der Waals surface area contributed by atoms with Crippen molar-refractivity contribution in [2.45, 2.75) is 59.2 Å². The largest absolute Gasteiger partial charge is 0.480 e. The number of hydrogen-bond acceptors (Lipinski definition) is 4. The maximum atomic E-state index is 11.8. The van der Waals surface area contributed by atoms with Crippen LogP contribution in [0.25, 0.3) is 0 Å². The first-order valence-electron chi connectivity index (χ1n) is 6.46. The number of carboxylic acids is 1. The monoisotopic (exact) mass is 288 g/mol. The number of alkyl carbamates (subject to hydrolysis) is 1. The molecule has 0 rings (SSSR count). The molecule has 2 amide bonds. The molecule has 0 aliphatic carbocycles. The summed E-state index contributed by atoms with van der Waals surface area (Å²) in [6.07, 6.45) is -0.725. The molecule has 0 saturated heterocycles. The van der Waals surface area contributed by atoms with E-state index in [4.69, 9.17) is 9.84 Å². The van der Waals surface area contributed by atoms with E-state index in [1.807, 2.05) is 0 Å². The lowest BCUT2D eigenvalue weighted by Gasteiger charge is -2.23. The smallest absolute Gasteiger partial charge is 0.408 e. The average molecular weight is 288 g/mol. The van der Waals surface area contributed by atoms with Crippen LogP contribution in [0.4, 0.5) is 4.79 Å². The summed E-state index contributed by atoms with van der Waals surface area (Å²) in [6, 6.07) is -1.88. The second-order valence-corrected chi connectivity index (χ2v) is 5.94. The standard InChI is InChI=1S/C13H24N2O5/c1-7(2)9(11(17)18)15-10(16)8(3)14-12(19)20-13(4,5)6/h7-9H,1-6H3,(H,14,19)(H,15,16)(H,17,18)/t8-,9+/m0/s1. The van der Waals surface area contributed by atoms with Crippen LogP contribution in [0.3, 0.4) is 0 Å². The number of ether oxygens (including phenoxy) is 1. The molecule has 0 spiro atoms. The molecule has 0 aromatic rings. The van der Waals surface area contributed by atoms with E-state index in [0.29, 0.717) is 0 Å². The molecule has 2 atom stereocenters. The Morgan fingerprint density at radius 2 is 1.55 bits per heavy atom. The van der Waals surface area contributed by atoms with Gasteiger partial charge in [0.1, 0.15) is 17.7 Å². The number of amides is 2. The predicted molar refractivity (Wildman–Crippen MR) is 73.2 cm³/mol. The van der Waals surface area contributed by atoms with E-state index in [0.717, 1.165) is 0 Å². The minimum absolute atomic E-state index is 0.259. The summed E-state index contributed by atoms with van der Waals surface area (Å²) in [4.78, 5) is 34.3. The Balaban J connectivity index is 4.48. The number of carbonyl (C=O) groups excluding carboxylic acids is 2. The number of rotatable bonds is 5. The van der Waals surface area contributed by atoms with Gasteiger partial charge in [-0.05, 0) is 33.6 Å². The zero-order valence-corrected chi connectivity index (χ0v) is 12.8. The van der Waals surface area contributed by atoms with Gasteiger partial charge < -0.3 is 20.5 Å². The summed E-state index contributed by atoms with van der Waals surface area (Å²) in [7, 11) is 0. The van der Waals surface area contributed by atoms with Gasteiger partial charge in [-0.15, -0.1) is 0 Å². The molecule has 0 radical (unpaired) electrons. The van der Waals surface area contributed by atoms with Crippen molar-refractivity contribution < 1.29 is 24.2 Å². The maximum absolute atomic E-state index is 11.8. The van der Waals surface area contributed by atoms with Gasteiger partial charge in [0, 0.05) is 0 Å². The van der Waals surface area contributed by atoms with Crippen molar-refractivity contribution in [3.63, 3.8) is 0 Å². The third-order valence-electron chi connectivity index (χ3n) is 2.36. The Bertz CT molecular complexity index is 373. The second-order valence-electron chi connectivity index (χ2n) is 5.94. The normalized spacial score (nSPS) is 14.3. The molecule has 3 N–H and O–H groups in total. The van der Waals surface area contributed by atoms with Crippen LogP contribution in [0.1, 0.15) is 41.5 Å². The molecular weight excluding hydrogens is 264 g/mol. The Labute approximate surface area is 119 Å². The fourth-order valence-electron chi connectivity index (χ4n) is 1.34. The SMILES string of the molecule is CC(C)[C@@H](NC(=O)[C@H](C)NC(=O)OC(C)(C)C)C(=O)O. The zero-order chi connectivity index (χ0) is 16.1. The highest BCUT2D eigenvalue weighted by molar-refractivity contribution is 5.89. The molecular formula is C13H24N2O5. The molecule has 116 valence electrons. The van der Waals surface area contributed by atoms with Crippen LogP contribution in [0.15, 0.2) is 0 Å². The summed E-state index contributed by atoms with van der Waals surface area (Å²) in [5, 5.41) is 13.7. The summed E-state index contributed by atoms with van der Waals surface area (Å²) in [5.41, 5.74) is -0.665. The van der Waals surface area contributed by atoms with Gasteiger partial charge >= 0.3 is 12.1 Å². The lowest BCUT2D eigenvalue weighted by atomic mass is 10.0. The second kappa shape index (κ2) is 7.12. The molecule has 0 heterocycles. The van der Waals surface area contributed by atoms with Gasteiger partial charge in [-0.1, -0.05) is 13.8 Å². The topological polar surface area (TPSA) is 105 Å². The number of hydrogen-bond donors (Lipinski definition) is 3. The number of aliphatic carboxylic acids is 1. The third kappa shape index (κ3) is 6.96. The predicted octanol–water partition coefficient (Wildman–Crippen LogP) is 1.12. The van der Waals surface area contributed by atoms with E-state index in [2.05, 4.69) is 10.6 Å². The van der Waals surface area contributed by atoms with Crippen molar-refractivity contribution in [3.8, 4) is 0 Å². The van der Waals surface area contributed by atoms with Crippen molar-refractivity contribution in [1.29, 1.82) is 0 Å². The number of nitrogens with one attached hydrogen (secondary N) is 2. The molecule has 0 saturated carbocycles. The van der Waals surface area contributed by atoms with Gasteiger partial charge in [0.25, 0.3) is 0 Å². The first-order valence-corrected chi connectivity index (χ1v) is 6.46. The van der Waals surface area contributed by atoms with Gasteiger partial charge in [0.15, 0.2) is 0 Å². The van der Waals surface area contributed by atoms with Crippen molar-refractivity contribution in [2.75, 3.05) is 0 Å². The van der Waals surface area contributed by atoms with Gasteiger partial charge in [-0.3, -0.25) is 4.79 Å². The van der Waals surface area contributed by atoms with Crippen LogP contribution < -0.4 is 10.6 Å². The van der Waals surface area contributed by atoms with E-state index < -0.39 is 35.7 Å². The molecule has 0 aliphatic rings. The summed E-state index contributed by atoms with van der Waals surface area (Å²) in [6.45, 7) is 9.94. The van der Waals surface area contributed by atoms with Gasteiger partial charge in [0.2, 0.25) is 5.91 Å². The Kier molecular flexibility index (Phi) is 6.48. The van der Waals surface area contributed by atoms with Crippen molar-refractivity contribution >= 4 is 18.0 Å². The van der Waals surface area contributed by atoms with Crippen LogP contribution in [0.5, 0.6) is 0 Å². The highest BCUT2D eigenvalue weighted by Gasteiger charge is 2.27. The number of carboxylic acid groups (broad SMARTS) is 1. The summed E-state index contributed by atoms with van der Waals surface area (Å²) >= 11 is 0. The minimum Gasteiger partial charge on any atom is -0.480 e. The van der Waals surface area contributed by atoms with E-state index in [9.17, 15) is 14.4 Å². The highest BCUT2D eigenvalue weighted by atomic mass is 16.6. The Hall–Kier alpha value is -1.79. The van der Waals surface area contributed by atoms with E-state index in [1.165, 1.54) is 6.92 Å². The van der Waals surface area contributed by atoms with Gasteiger partial charge in [-0.2, -0.15) is 0 Å². The quantitative estimate of drug-likeness (QED) is 0.703. The van der Waals surface area contributed by atoms with Gasteiger partial charge in [-0.25, -0.2) is 9.59 Å². The molecule has 0 bridgehead atoms. The Morgan fingerprint density at radius 1 is 1.05 bits per heavy atom. The third-order valence-corrected chi connectivity index (χ3v) is 2.36. The van der Waals surface area contributed by atoms with Crippen molar-refractivity contribution in [2.24, 2.45) is 5.92 Å². The fourth-order valence-corrected chi connectivity index (χ4v) is 1.34. The lowest BCUT2D eigenvalue weighted by molar-refractivity contribution is -0.143. The molecule has 7 nitrogen and oxygen atoms in total. The molecule has 20 heavy (non-hydrogen) atoms. The zero-order valence-electron chi connectivity index (χ0n) is 12.8. The molecule has 0 aromatic heterocycles. The molecule has 0 fully saturated rings. The lowest BCUT2D eigenvalue weighted by Crippen LogP contribution is -2.52. The summed E-state index contributed by atoms with van der Waals surface area (Å²) in [5.74, 6) is -1.94. The maximum Gasteiger partial charge on any atom is 0.408 e. The Morgan fingerprint density at radius 3 is 1.90 bits per heavy atom. The van der Waals surface area contributed by atoms with Crippen LogP contribution in [0, 0.1) is 5.92 Å².